The smallest absolute Gasteiger partial charge is 0.422 e. The van der Waals surface area contributed by atoms with E-state index < -0.39 is 24.7 Å². The molecule has 6 nitrogen and oxygen atoms in total. The minimum atomic E-state index is -4.45. The molecule has 0 unspecified atom stereocenters. The van der Waals surface area contributed by atoms with Gasteiger partial charge in [-0.15, -0.1) is 0 Å². The molecule has 2 aromatic rings. The Morgan fingerprint density at radius 1 is 1.27 bits per heavy atom. The van der Waals surface area contributed by atoms with E-state index >= 15 is 0 Å². The van der Waals surface area contributed by atoms with Crippen LogP contribution in [0.4, 0.5) is 13.2 Å². The van der Waals surface area contributed by atoms with E-state index in [-0.39, 0.29) is 12.5 Å². The van der Waals surface area contributed by atoms with E-state index in [9.17, 15) is 18.0 Å². The predicted octanol–water partition coefficient (Wildman–Crippen LogP) is 3.33. The largest absolute Gasteiger partial charge is 0.484 e. The molecule has 0 fully saturated rings. The van der Waals surface area contributed by atoms with Gasteiger partial charge in [0.25, 0.3) is 5.91 Å². The molecule has 1 heterocycles. The number of nitrogens with one attached hydrogen (secondary N) is 1. The van der Waals surface area contributed by atoms with Crippen molar-refractivity contribution < 1.29 is 27.4 Å². The van der Waals surface area contributed by atoms with E-state index in [1.807, 2.05) is 0 Å². The highest BCUT2D eigenvalue weighted by atomic mass is 35.5. The van der Waals surface area contributed by atoms with Gasteiger partial charge in [-0.05, 0) is 25.1 Å². The van der Waals surface area contributed by atoms with Crippen LogP contribution in [0.15, 0.2) is 36.7 Å². The lowest BCUT2D eigenvalue weighted by molar-refractivity contribution is -0.154. The summed E-state index contributed by atoms with van der Waals surface area (Å²) in [7, 11) is 0. The third-order valence-corrected chi connectivity index (χ3v) is 3.25. The first-order chi connectivity index (χ1) is 12.2. The van der Waals surface area contributed by atoms with E-state index in [0.29, 0.717) is 16.5 Å². The Hall–Kier alpha value is -2.55. The number of ether oxygens (including phenoxy) is 2. The Balaban J connectivity index is 1.82. The molecular formula is C16H15ClF3N3O3. The lowest BCUT2D eigenvalue weighted by Gasteiger charge is -2.14. The summed E-state index contributed by atoms with van der Waals surface area (Å²) >= 11 is 5.82. The molecule has 0 aliphatic rings. The minimum absolute atomic E-state index is 0.231. The first-order valence-electron chi connectivity index (χ1n) is 7.42. The SMILES string of the molecule is C[C@@H](NC(=O)COc1cccc(Cl)c1)c1cnc(OCC(F)(F)F)cn1. The van der Waals surface area contributed by atoms with Crippen molar-refractivity contribution in [3.63, 3.8) is 0 Å². The van der Waals surface area contributed by atoms with Gasteiger partial charge in [-0.25, -0.2) is 4.98 Å². The molecule has 0 aliphatic heterocycles. The third kappa shape index (κ3) is 6.75. The zero-order chi connectivity index (χ0) is 19.2. The van der Waals surface area contributed by atoms with Crippen LogP contribution in [-0.4, -0.2) is 35.3 Å². The predicted molar refractivity (Wildman–Crippen MR) is 87.1 cm³/mol. The first kappa shape index (κ1) is 19.8. The number of benzene rings is 1. The van der Waals surface area contributed by atoms with Crippen LogP contribution < -0.4 is 14.8 Å². The number of aromatic nitrogens is 2. The Morgan fingerprint density at radius 2 is 2.04 bits per heavy atom. The van der Waals surface area contributed by atoms with Crippen LogP contribution in [0.5, 0.6) is 11.6 Å². The Labute approximate surface area is 152 Å². The fourth-order valence-corrected chi connectivity index (χ4v) is 2.02. The number of alkyl halides is 3. The molecule has 140 valence electrons. The lowest BCUT2D eigenvalue weighted by Crippen LogP contribution is -2.31. The van der Waals surface area contributed by atoms with Gasteiger partial charge in [-0.3, -0.25) is 9.78 Å². The molecule has 0 radical (unpaired) electrons. The van der Waals surface area contributed by atoms with Crippen molar-refractivity contribution in [1.29, 1.82) is 0 Å². The zero-order valence-corrected chi connectivity index (χ0v) is 14.3. The molecule has 1 atom stereocenters. The van der Waals surface area contributed by atoms with Gasteiger partial charge in [0.05, 0.1) is 24.1 Å². The summed E-state index contributed by atoms with van der Waals surface area (Å²) < 4.78 is 46.0. The third-order valence-electron chi connectivity index (χ3n) is 3.02. The normalized spacial score (nSPS) is 12.3. The molecule has 1 aromatic carbocycles. The maximum absolute atomic E-state index is 12.1. The molecule has 0 aliphatic carbocycles. The van der Waals surface area contributed by atoms with Gasteiger partial charge in [-0.2, -0.15) is 13.2 Å². The fraction of sp³-hybridized carbons (Fsp3) is 0.312. The molecule has 0 saturated heterocycles. The first-order valence-corrected chi connectivity index (χ1v) is 7.80. The molecule has 0 spiro atoms. The second-order valence-electron chi connectivity index (χ2n) is 5.22. The van der Waals surface area contributed by atoms with Crippen LogP contribution in [-0.2, 0) is 4.79 Å². The summed E-state index contributed by atoms with van der Waals surface area (Å²) in [6.45, 7) is -0.0312. The van der Waals surface area contributed by atoms with E-state index in [1.165, 1.54) is 6.20 Å². The topological polar surface area (TPSA) is 73.3 Å². The molecule has 1 aromatic heterocycles. The average molecular weight is 390 g/mol. The monoisotopic (exact) mass is 389 g/mol. The maximum atomic E-state index is 12.1. The molecule has 26 heavy (non-hydrogen) atoms. The summed E-state index contributed by atoms with van der Waals surface area (Å²) in [5, 5.41) is 3.12. The number of nitrogens with zero attached hydrogens (tertiary/aromatic N) is 2. The summed E-state index contributed by atoms with van der Waals surface area (Å²) in [5.41, 5.74) is 0.362. The number of carbonyl (C=O) groups excluding carboxylic acids is 1. The van der Waals surface area contributed by atoms with Gasteiger partial charge in [-0.1, -0.05) is 17.7 Å². The van der Waals surface area contributed by atoms with Crippen LogP contribution in [0.1, 0.15) is 18.7 Å². The molecule has 10 heteroatoms. The van der Waals surface area contributed by atoms with Crippen molar-refractivity contribution >= 4 is 17.5 Å². The lowest BCUT2D eigenvalue weighted by atomic mass is 10.2. The van der Waals surface area contributed by atoms with Crippen LogP contribution in [0.3, 0.4) is 0 Å². The quantitative estimate of drug-likeness (QED) is 0.786. The van der Waals surface area contributed by atoms with Gasteiger partial charge in [0.15, 0.2) is 13.2 Å². The number of carbonyl (C=O) groups is 1. The van der Waals surface area contributed by atoms with Gasteiger partial charge in [0, 0.05) is 5.02 Å². The second-order valence-corrected chi connectivity index (χ2v) is 5.66. The molecule has 1 amide bonds. The number of halogens is 4. The van der Waals surface area contributed by atoms with Crippen LogP contribution >= 0.6 is 11.6 Å². The minimum Gasteiger partial charge on any atom is -0.484 e. The Bertz CT molecular complexity index is 742. The number of hydrogen-bond donors (Lipinski definition) is 1. The highest BCUT2D eigenvalue weighted by molar-refractivity contribution is 6.30. The van der Waals surface area contributed by atoms with Crippen LogP contribution in [0.2, 0.25) is 5.02 Å². The van der Waals surface area contributed by atoms with Crippen LogP contribution in [0.25, 0.3) is 0 Å². The number of hydrogen-bond acceptors (Lipinski definition) is 5. The van der Waals surface area contributed by atoms with Crippen molar-refractivity contribution in [2.45, 2.75) is 19.1 Å². The van der Waals surface area contributed by atoms with Crippen molar-refractivity contribution in [1.82, 2.24) is 15.3 Å². The van der Waals surface area contributed by atoms with E-state index in [2.05, 4.69) is 20.0 Å². The fourth-order valence-electron chi connectivity index (χ4n) is 1.84. The summed E-state index contributed by atoms with van der Waals surface area (Å²) in [4.78, 5) is 19.6. The van der Waals surface area contributed by atoms with E-state index in [4.69, 9.17) is 16.3 Å². The Morgan fingerprint density at radius 3 is 2.65 bits per heavy atom. The van der Waals surface area contributed by atoms with Crippen molar-refractivity contribution in [2.24, 2.45) is 0 Å². The highest BCUT2D eigenvalue weighted by Gasteiger charge is 2.28. The van der Waals surface area contributed by atoms with Gasteiger partial charge in [0.2, 0.25) is 5.88 Å². The average Bonchev–Trinajstić information content (AvgIpc) is 2.58. The van der Waals surface area contributed by atoms with E-state index in [1.54, 1.807) is 31.2 Å². The van der Waals surface area contributed by atoms with Gasteiger partial charge >= 0.3 is 6.18 Å². The standard InChI is InChI=1S/C16H15ClF3N3O3/c1-10(13-6-22-15(7-21-13)26-9-16(18,19)20)23-14(24)8-25-12-4-2-3-11(17)5-12/h2-7,10H,8-9H2,1H3,(H,23,24)/t10-/m1/s1. The summed E-state index contributed by atoms with van der Waals surface area (Å²) in [6, 6.07) is 6.08. The second kappa shape index (κ2) is 8.70. The van der Waals surface area contributed by atoms with Gasteiger partial charge < -0.3 is 14.8 Å². The highest BCUT2D eigenvalue weighted by Crippen LogP contribution is 2.18. The van der Waals surface area contributed by atoms with Crippen molar-refractivity contribution in [2.75, 3.05) is 13.2 Å². The molecular weight excluding hydrogens is 375 g/mol. The molecule has 1 N–H and O–H groups in total. The summed E-state index contributed by atoms with van der Waals surface area (Å²) in [5.74, 6) is -0.211. The van der Waals surface area contributed by atoms with Crippen LogP contribution in [0, 0.1) is 0 Å². The molecule has 0 bridgehead atoms. The van der Waals surface area contributed by atoms with E-state index in [0.717, 1.165) is 6.20 Å². The number of amides is 1. The van der Waals surface area contributed by atoms with Crippen molar-refractivity contribution in [3.05, 3.63) is 47.4 Å². The molecule has 2 rings (SSSR count). The zero-order valence-electron chi connectivity index (χ0n) is 13.6. The maximum Gasteiger partial charge on any atom is 0.422 e. The van der Waals surface area contributed by atoms with Gasteiger partial charge in [0.1, 0.15) is 5.75 Å². The Kier molecular flexibility index (Phi) is 6.62. The number of rotatable bonds is 7. The molecule has 0 saturated carbocycles. The van der Waals surface area contributed by atoms with Crippen molar-refractivity contribution in [3.8, 4) is 11.6 Å². The summed E-state index contributed by atoms with van der Waals surface area (Å²) in [6.07, 6.45) is -2.16.